The Morgan fingerprint density at radius 3 is 2.02 bits per heavy atom. The zero-order valence-electron chi connectivity index (χ0n) is 28.0. The van der Waals surface area contributed by atoms with Crippen molar-refractivity contribution in [3.05, 3.63) is 59.2 Å². The average molecular weight is 680 g/mol. The predicted octanol–water partition coefficient (Wildman–Crippen LogP) is 4.97. The molecule has 0 radical (unpaired) electrons. The standard InChI is InChI=1S/C34H41F4N3O7/c1-32(2,3)19-10-8-9-11-22(19)39-29(44)30(45)41-14-12-34(7,13-15-41)31(46)40-23(17-25(43)48-33(4,5)6)24(42)18-47-28-26(37)20(35)16-21(36)27(28)38/h8-11,16,23H,12-15,17-18H2,1-7H3,(H,39,44)(H,40,46)/t23-/m0/s1. The predicted molar refractivity (Wildman–Crippen MR) is 167 cm³/mol. The van der Waals surface area contributed by atoms with Gasteiger partial charge in [-0.15, -0.1) is 0 Å². The zero-order valence-corrected chi connectivity index (χ0v) is 28.0. The first-order chi connectivity index (χ1) is 22.1. The number of piperidine rings is 1. The molecule has 1 saturated heterocycles. The number of ether oxygens (including phenoxy) is 2. The number of hydrogen-bond acceptors (Lipinski definition) is 7. The number of ketones is 1. The van der Waals surface area contributed by atoms with Gasteiger partial charge in [0.15, 0.2) is 23.2 Å². The zero-order chi connectivity index (χ0) is 36.2. The number of hydrogen-bond donors (Lipinski definition) is 2. The molecule has 2 aromatic rings. The number of nitrogens with zero attached hydrogens (tertiary/aromatic N) is 1. The molecule has 0 spiro atoms. The van der Waals surface area contributed by atoms with Crippen LogP contribution in [0.3, 0.4) is 0 Å². The highest BCUT2D eigenvalue weighted by molar-refractivity contribution is 6.39. The monoisotopic (exact) mass is 679 g/mol. The van der Waals surface area contributed by atoms with Crippen LogP contribution in [0.5, 0.6) is 5.75 Å². The molecule has 1 atom stereocenters. The number of halogens is 4. The minimum absolute atomic E-state index is 0.0224. The van der Waals surface area contributed by atoms with E-state index in [-0.39, 0.29) is 37.4 Å². The van der Waals surface area contributed by atoms with Crippen LogP contribution in [0.15, 0.2) is 30.3 Å². The van der Waals surface area contributed by atoms with Crippen LogP contribution in [-0.2, 0) is 34.1 Å². The fourth-order valence-corrected chi connectivity index (χ4v) is 5.05. The fraction of sp³-hybridized carbons (Fsp3) is 0.500. The third-order valence-electron chi connectivity index (χ3n) is 7.79. The molecule has 48 heavy (non-hydrogen) atoms. The number of carbonyl (C=O) groups is 5. The van der Waals surface area contributed by atoms with Gasteiger partial charge in [0.1, 0.15) is 18.2 Å². The molecule has 0 aromatic heterocycles. The van der Waals surface area contributed by atoms with Crippen LogP contribution in [0.1, 0.15) is 73.3 Å². The number of Topliss-reactive ketones (excluding diaryl/α,β-unsaturated/α-hetero) is 1. The van der Waals surface area contributed by atoms with Gasteiger partial charge in [-0.25, -0.2) is 8.78 Å². The van der Waals surface area contributed by atoms with E-state index in [2.05, 4.69) is 10.6 Å². The van der Waals surface area contributed by atoms with Crippen molar-refractivity contribution in [2.75, 3.05) is 25.0 Å². The number of anilines is 1. The Kier molecular flexibility index (Phi) is 11.7. The van der Waals surface area contributed by atoms with Crippen molar-refractivity contribution in [1.82, 2.24) is 10.2 Å². The van der Waals surface area contributed by atoms with Crippen molar-refractivity contribution in [1.29, 1.82) is 0 Å². The van der Waals surface area contributed by atoms with Gasteiger partial charge in [0.25, 0.3) is 0 Å². The highest BCUT2D eigenvalue weighted by Gasteiger charge is 2.41. The van der Waals surface area contributed by atoms with Crippen LogP contribution in [-0.4, -0.2) is 65.7 Å². The van der Waals surface area contributed by atoms with Gasteiger partial charge in [0.05, 0.1) is 6.42 Å². The minimum Gasteiger partial charge on any atom is -0.479 e. The molecule has 1 aliphatic heterocycles. The van der Waals surface area contributed by atoms with Gasteiger partial charge in [0.2, 0.25) is 17.5 Å². The maximum Gasteiger partial charge on any atom is 0.313 e. The normalized spacial score (nSPS) is 15.3. The number of amides is 3. The highest BCUT2D eigenvalue weighted by atomic mass is 19.2. The van der Waals surface area contributed by atoms with E-state index >= 15 is 0 Å². The topological polar surface area (TPSA) is 131 Å². The molecule has 2 aromatic carbocycles. The lowest BCUT2D eigenvalue weighted by molar-refractivity contribution is -0.157. The Balaban J connectivity index is 1.70. The Labute approximate surface area is 276 Å². The first kappa shape index (κ1) is 38.0. The van der Waals surface area contributed by atoms with E-state index in [1.54, 1.807) is 39.8 Å². The van der Waals surface area contributed by atoms with Gasteiger partial charge in [-0.05, 0) is 50.7 Å². The van der Waals surface area contributed by atoms with E-state index in [1.807, 2.05) is 32.9 Å². The van der Waals surface area contributed by atoms with Gasteiger partial charge < -0.3 is 25.0 Å². The molecule has 1 heterocycles. The van der Waals surface area contributed by atoms with Crippen molar-refractivity contribution in [3.63, 3.8) is 0 Å². The quantitative estimate of drug-likeness (QED) is 0.166. The Bertz CT molecular complexity index is 1550. The summed E-state index contributed by atoms with van der Waals surface area (Å²) >= 11 is 0. The average Bonchev–Trinajstić information content (AvgIpc) is 2.98. The molecule has 0 bridgehead atoms. The molecule has 0 unspecified atom stereocenters. The van der Waals surface area contributed by atoms with Crippen molar-refractivity contribution in [2.45, 2.75) is 84.8 Å². The SMILES string of the molecule is CC(C)(C)OC(=O)C[C@H](NC(=O)C1(C)CCN(C(=O)C(=O)Nc2ccccc2C(C)(C)C)CC1)C(=O)COc1c(F)c(F)cc(F)c1F. The van der Waals surface area contributed by atoms with Crippen molar-refractivity contribution >= 4 is 35.2 Å². The van der Waals surface area contributed by atoms with Crippen LogP contribution in [0, 0.1) is 28.7 Å². The number of esters is 1. The van der Waals surface area contributed by atoms with E-state index in [1.165, 1.54) is 4.90 Å². The summed E-state index contributed by atoms with van der Waals surface area (Å²) in [4.78, 5) is 66.4. The fourth-order valence-electron chi connectivity index (χ4n) is 5.05. The summed E-state index contributed by atoms with van der Waals surface area (Å²) in [5.74, 6) is -12.9. The van der Waals surface area contributed by atoms with Crippen LogP contribution in [0.4, 0.5) is 23.2 Å². The number of benzene rings is 2. The van der Waals surface area contributed by atoms with E-state index in [0.29, 0.717) is 5.69 Å². The molecular formula is C34H41F4N3O7. The molecule has 1 fully saturated rings. The van der Waals surface area contributed by atoms with Gasteiger partial charge in [-0.1, -0.05) is 45.9 Å². The summed E-state index contributed by atoms with van der Waals surface area (Å²) in [5, 5.41) is 5.14. The van der Waals surface area contributed by atoms with E-state index in [9.17, 15) is 41.5 Å². The summed E-state index contributed by atoms with van der Waals surface area (Å²) in [6.45, 7) is 11.1. The van der Waals surface area contributed by atoms with Gasteiger partial charge in [0, 0.05) is 30.3 Å². The molecule has 10 nitrogen and oxygen atoms in total. The minimum atomic E-state index is -1.87. The van der Waals surface area contributed by atoms with E-state index in [0.717, 1.165) is 5.56 Å². The first-order valence-electron chi connectivity index (χ1n) is 15.3. The van der Waals surface area contributed by atoms with Crippen molar-refractivity contribution < 1.29 is 51.0 Å². The largest absolute Gasteiger partial charge is 0.479 e. The maximum atomic E-state index is 14.1. The van der Waals surface area contributed by atoms with E-state index in [4.69, 9.17) is 9.47 Å². The Morgan fingerprint density at radius 2 is 1.48 bits per heavy atom. The van der Waals surface area contributed by atoms with Gasteiger partial charge in [-0.2, -0.15) is 8.78 Å². The number of rotatable bonds is 9. The third kappa shape index (κ3) is 9.54. The highest BCUT2D eigenvalue weighted by Crippen LogP contribution is 2.33. The first-order valence-corrected chi connectivity index (χ1v) is 15.3. The van der Waals surface area contributed by atoms with Crippen LogP contribution < -0.4 is 15.4 Å². The second-order valence-corrected chi connectivity index (χ2v) is 14.0. The lowest BCUT2D eigenvalue weighted by Crippen LogP contribution is -2.54. The molecule has 1 aliphatic rings. The summed E-state index contributed by atoms with van der Waals surface area (Å²) < 4.78 is 65.4. The second-order valence-electron chi connectivity index (χ2n) is 14.0. The Morgan fingerprint density at radius 1 is 0.917 bits per heavy atom. The lowest BCUT2D eigenvalue weighted by atomic mass is 9.79. The number of para-hydroxylation sites is 1. The number of carbonyl (C=O) groups excluding carboxylic acids is 5. The van der Waals surface area contributed by atoms with Gasteiger partial charge in [-0.3, -0.25) is 24.0 Å². The number of nitrogens with one attached hydrogen (secondary N) is 2. The molecule has 0 aliphatic carbocycles. The molecule has 262 valence electrons. The molecule has 14 heteroatoms. The maximum absolute atomic E-state index is 14.1. The van der Waals surface area contributed by atoms with Crippen LogP contribution in [0.2, 0.25) is 0 Å². The van der Waals surface area contributed by atoms with Crippen LogP contribution >= 0.6 is 0 Å². The van der Waals surface area contributed by atoms with Crippen molar-refractivity contribution in [2.24, 2.45) is 5.41 Å². The molecule has 0 saturated carbocycles. The molecular weight excluding hydrogens is 638 g/mol. The number of likely N-dealkylation sites (tertiary alicyclic amines) is 1. The molecule has 3 rings (SSSR count). The van der Waals surface area contributed by atoms with Crippen LogP contribution in [0.25, 0.3) is 0 Å². The smallest absolute Gasteiger partial charge is 0.313 e. The van der Waals surface area contributed by atoms with Crippen molar-refractivity contribution in [3.8, 4) is 5.75 Å². The molecule has 2 N–H and O–H groups in total. The lowest BCUT2D eigenvalue weighted by Gasteiger charge is -2.38. The summed E-state index contributed by atoms with van der Waals surface area (Å²) in [6, 6.07) is 5.50. The van der Waals surface area contributed by atoms with E-state index < -0.39 is 88.6 Å². The molecule has 3 amide bonds. The Hall–Kier alpha value is -4.49. The third-order valence-corrected chi connectivity index (χ3v) is 7.79. The summed E-state index contributed by atoms with van der Waals surface area (Å²) in [5.41, 5.74) is -1.08. The van der Waals surface area contributed by atoms with Gasteiger partial charge >= 0.3 is 17.8 Å². The summed E-state index contributed by atoms with van der Waals surface area (Å²) in [6.07, 6.45) is -0.525. The second kappa shape index (κ2) is 14.7. The summed E-state index contributed by atoms with van der Waals surface area (Å²) in [7, 11) is 0.